The van der Waals surface area contributed by atoms with Gasteiger partial charge in [0, 0.05) is 41.6 Å². The van der Waals surface area contributed by atoms with Crippen molar-refractivity contribution < 1.29 is 35.1 Å². The van der Waals surface area contributed by atoms with Crippen LogP contribution in [-0.2, 0) is 13.2 Å². The number of carbonyl (C=O) groups is 2. The molecule has 8 rings (SSSR count). The van der Waals surface area contributed by atoms with Gasteiger partial charge < -0.3 is 45.7 Å². The molecule has 0 bridgehead atoms. The van der Waals surface area contributed by atoms with Crippen LogP contribution in [0.2, 0.25) is 0 Å². The van der Waals surface area contributed by atoms with E-state index < -0.39 is 5.97 Å². The average Bonchev–Trinajstić information content (AvgIpc) is 3.84. The van der Waals surface area contributed by atoms with Gasteiger partial charge in [-0.1, -0.05) is 24.3 Å². The third-order valence-electron chi connectivity index (χ3n) is 9.70. The molecule has 1 amide bonds. The topological polar surface area (TPSA) is 208 Å². The fraction of sp³-hybridized carbons (Fsp3) is 0.300. The molecule has 2 saturated heterocycles. The zero-order chi connectivity index (χ0) is 37.3. The minimum absolute atomic E-state index is 0.00708. The molecule has 4 aromatic carbocycles. The Morgan fingerprint density at radius 2 is 1.13 bits per heavy atom. The number of hydrogen-bond donors (Lipinski definition) is 8. The number of aliphatic hydroxyl groups excluding tert-OH is 2. The fourth-order valence-electron chi connectivity index (χ4n) is 6.66. The maximum atomic E-state index is 12.7. The van der Waals surface area contributed by atoms with E-state index in [1.165, 1.54) is 37.1 Å². The number of aliphatic hydroxyl groups is 2. The summed E-state index contributed by atoms with van der Waals surface area (Å²) in [5.74, 6) is 1.85. The minimum atomic E-state index is -1.08. The molecule has 2 aliphatic rings. The normalized spacial score (nSPS) is 15.0. The number of nitrogens with one attached hydrogen (secondary N) is 3. The van der Waals surface area contributed by atoms with E-state index >= 15 is 0 Å². The van der Waals surface area contributed by atoms with Crippen molar-refractivity contribution in [2.45, 2.75) is 50.7 Å². The van der Waals surface area contributed by atoms with Crippen molar-refractivity contribution in [3.8, 4) is 11.5 Å². The molecule has 53 heavy (non-hydrogen) atoms. The van der Waals surface area contributed by atoms with Crippen LogP contribution < -0.4 is 5.32 Å². The predicted octanol–water partition coefficient (Wildman–Crippen LogP) is 5.39. The zero-order valence-electron chi connectivity index (χ0n) is 29.2. The number of likely N-dealkylation sites (tertiary alicyclic amines) is 1. The van der Waals surface area contributed by atoms with Gasteiger partial charge in [-0.2, -0.15) is 0 Å². The lowest BCUT2D eigenvalue weighted by atomic mass is 9.95. The van der Waals surface area contributed by atoms with Crippen molar-refractivity contribution in [1.29, 1.82) is 0 Å². The molecule has 276 valence electrons. The monoisotopic (exact) mass is 720 g/mol. The Balaban J connectivity index is 0.000000150. The summed E-state index contributed by atoms with van der Waals surface area (Å²) in [7, 11) is 0. The van der Waals surface area contributed by atoms with Gasteiger partial charge in [-0.05, 0) is 99.4 Å². The minimum Gasteiger partial charge on any atom is -0.508 e. The van der Waals surface area contributed by atoms with Crippen molar-refractivity contribution in [1.82, 2.24) is 30.2 Å². The second kappa shape index (κ2) is 17.2. The first kappa shape index (κ1) is 37.0. The number of aromatic nitrogens is 4. The van der Waals surface area contributed by atoms with E-state index in [1.54, 1.807) is 12.1 Å². The molecule has 13 heteroatoms. The lowest BCUT2D eigenvalue weighted by Crippen LogP contribution is -2.38. The van der Waals surface area contributed by atoms with Crippen molar-refractivity contribution in [3.63, 3.8) is 0 Å². The molecule has 2 fully saturated rings. The highest BCUT2D eigenvalue weighted by atomic mass is 16.4. The number of phenols is 2. The summed E-state index contributed by atoms with van der Waals surface area (Å²) in [4.78, 5) is 41.1. The molecule has 2 aromatic heterocycles. The molecule has 0 radical (unpaired) electrons. The molecule has 2 aliphatic heterocycles. The van der Waals surface area contributed by atoms with E-state index in [0.29, 0.717) is 36.1 Å². The van der Waals surface area contributed by atoms with Crippen LogP contribution in [-0.4, -0.2) is 88.4 Å². The summed E-state index contributed by atoms with van der Waals surface area (Å²) in [6.07, 6.45) is 4.10. The van der Waals surface area contributed by atoms with Crippen LogP contribution in [0.4, 0.5) is 0 Å². The first-order chi connectivity index (χ1) is 25.7. The standard InChI is InChI=1S/C20H21N3O3.C12H15N3.C8H8O4/c24-12-15-11-14(5-6-18(15)25)20(26)23-9-7-13(8-10-23)19-21-16-3-1-2-4-17(16)22-19;1-2-4-11-10(3-1)14-12(15-11)9-5-7-13-8-6-9;9-4-6-3-5(8(11)12)1-2-7(6)10/h1-6,11,13,24-25H,7-10,12H2,(H,21,22);1-4,9,13H,5-8H2,(H,14,15);1-3,9-10H,4H2,(H,11,12). The van der Waals surface area contributed by atoms with E-state index in [2.05, 4.69) is 37.4 Å². The number of H-pyrrole nitrogens is 2. The number of para-hydroxylation sites is 4. The number of hydrogen-bond acceptors (Lipinski definition) is 9. The maximum absolute atomic E-state index is 12.7. The van der Waals surface area contributed by atoms with E-state index in [-0.39, 0.29) is 41.7 Å². The number of aromatic hydroxyl groups is 2. The first-order valence-corrected chi connectivity index (χ1v) is 17.7. The van der Waals surface area contributed by atoms with Gasteiger partial charge in [0.15, 0.2) is 0 Å². The van der Waals surface area contributed by atoms with Crippen LogP contribution >= 0.6 is 0 Å². The van der Waals surface area contributed by atoms with Crippen molar-refractivity contribution in [2.75, 3.05) is 26.2 Å². The number of benzene rings is 4. The number of imidazole rings is 2. The Kier molecular flexibility index (Phi) is 12.0. The van der Waals surface area contributed by atoms with Crippen molar-refractivity contribution >= 4 is 33.9 Å². The van der Waals surface area contributed by atoms with Gasteiger partial charge >= 0.3 is 5.97 Å². The van der Waals surface area contributed by atoms with Gasteiger partial charge in [0.1, 0.15) is 23.1 Å². The summed E-state index contributed by atoms with van der Waals surface area (Å²) < 4.78 is 0. The van der Waals surface area contributed by atoms with E-state index in [9.17, 15) is 19.8 Å². The SMILES string of the molecule is O=C(O)c1ccc(O)c(CO)c1.O=C(c1ccc(O)c(CO)c1)N1CCC(c2nc3ccccc3[nH]2)CC1.c1ccc2[nH]c(C3CCNCC3)nc2c1. The molecular formula is C40H44N6O7. The molecule has 8 N–H and O–H groups in total. The van der Waals surface area contributed by atoms with Crippen LogP contribution in [0.25, 0.3) is 22.1 Å². The van der Waals surface area contributed by atoms with Crippen LogP contribution in [0.5, 0.6) is 11.5 Å². The summed E-state index contributed by atoms with van der Waals surface area (Å²) >= 11 is 0. The van der Waals surface area contributed by atoms with Crippen LogP contribution in [0.15, 0.2) is 84.9 Å². The molecule has 6 aromatic rings. The lowest BCUT2D eigenvalue weighted by Gasteiger charge is -2.31. The van der Waals surface area contributed by atoms with Crippen molar-refractivity contribution in [3.05, 3.63) is 119 Å². The number of amides is 1. The number of aromatic amines is 2. The maximum Gasteiger partial charge on any atom is 0.335 e. The average molecular weight is 721 g/mol. The third kappa shape index (κ3) is 9.01. The largest absolute Gasteiger partial charge is 0.508 e. The highest BCUT2D eigenvalue weighted by Gasteiger charge is 2.27. The molecule has 0 spiro atoms. The molecular weight excluding hydrogens is 676 g/mol. The molecule has 0 atom stereocenters. The molecule has 0 aliphatic carbocycles. The molecule has 13 nitrogen and oxygen atoms in total. The number of carboxylic acid groups (broad SMARTS) is 1. The number of carboxylic acids is 1. The highest BCUT2D eigenvalue weighted by Crippen LogP contribution is 2.29. The number of rotatable bonds is 6. The molecule has 4 heterocycles. The predicted molar refractivity (Wildman–Crippen MR) is 200 cm³/mol. The summed E-state index contributed by atoms with van der Waals surface area (Å²) in [5, 5.41) is 48.6. The van der Waals surface area contributed by atoms with Gasteiger partial charge in [-0.15, -0.1) is 0 Å². The van der Waals surface area contributed by atoms with Gasteiger partial charge in [0.2, 0.25) is 0 Å². The Morgan fingerprint density at radius 3 is 1.62 bits per heavy atom. The Hall–Kier alpha value is -5.76. The quantitative estimate of drug-likeness (QED) is 0.110. The number of nitrogens with zero attached hydrogens (tertiary/aromatic N) is 3. The summed E-state index contributed by atoms with van der Waals surface area (Å²) in [5.41, 5.74) is 5.40. The Morgan fingerprint density at radius 1 is 0.660 bits per heavy atom. The second-order valence-corrected chi connectivity index (χ2v) is 13.2. The number of fused-ring (bicyclic) bond motifs is 2. The highest BCUT2D eigenvalue weighted by molar-refractivity contribution is 5.94. The van der Waals surface area contributed by atoms with Gasteiger partial charge in [-0.25, -0.2) is 14.8 Å². The summed E-state index contributed by atoms with van der Waals surface area (Å²) in [6, 6.07) is 24.6. The number of carbonyl (C=O) groups excluding carboxylic acids is 1. The number of aromatic carboxylic acids is 1. The Bertz CT molecular complexity index is 2100. The van der Waals surface area contributed by atoms with E-state index in [4.69, 9.17) is 15.3 Å². The fourth-order valence-corrected chi connectivity index (χ4v) is 6.66. The zero-order valence-corrected chi connectivity index (χ0v) is 29.2. The molecule has 0 saturated carbocycles. The van der Waals surface area contributed by atoms with Crippen LogP contribution in [0, 0.1) is 0 Å². The first-order valence-electron chi connectivity index (χ1n) is 17.7. The third-order valence-corrected chi connectivity index (χ3v) is 9.70. The second-order valence-electron chi connectivity index (χ2n) is 13.2. The summed E-state index contributed by atoms with van der Waals surface area (Å²) in [6.45, 7) is 2.89. The molecule has 0 unspecified atom stereocenters. The van der Waals surface area contributed by atoms with Crippen LogP contribution in [0.3, 0.4) is 0 Å². The lowest BCUT2D eigenvalue weighted by molar-refractivity contribution is 0.0692. The van der Waals surface area contributed by atoms with E-state index in [0.717, 1.165) is 59.6 Å². The van der Waals surface area contributed by atoms with E-state index in [1.807, 2.05) is 41.3 Å². The van der Waals surface area contributed by atoms with Gasteiger partial charge in [0.25, 0.3) is 5.91 Å². The Labute approximate surface area is 306 Å². The van der Waals surface area contributed by atoms with Crippen molar-refractivity contribution in [2.24, 2.45) is 0 Å². The van der Waals surface area contributed by atoms with Gasteiger partial charge in [0.05, 0.1) is 40.8 Å². The van der Waals surface area contributed by atoms with Gasteiger partial charge in [-0.3, -0.25) is 4.79 Å². The van der Waals surface area contributed by atoms with Crippen LogP contribution in [0.1, 0.15) is 81.0 Å². The smallest absolute Gasteiger partial charge is 0.335 e. The number of piperidine rings is 2.